The van der Waals surface area contributed by atoms with Gasteiger partial charge in [-0.1, -0.05) is 37.1 Å². The van der Waals surface area contributed by atoms with Gasteiger partial charge in [0, 0.05) is 19.6 Å². The van der Waals surface area contributed by atoms with Crippen molar-refractivity contribution in [2.24, 2.45) is 5.92 Å². The molecule has 0 spiro atoms. The zero-order valence-electron chi connectivity index (χ0n) is 14.3. The Labute approximate surface area is 135 Å². The molecule has 0 amide bonds. The van der Waals surface area contributed by atoms with Crippen LogP contribution in [-0.2, 0) is 14.2 Å². The van der Waals surface area contributed by atoms with Gasteiger partial charge in [-0.3, -0.25) is 0 Å². The van der Waals surface area contributed by atoms with Gasteiger partial charge in [0.15, 0.2) is 0 Å². The molecule has 0 unspecified atom stereocenters. The average molecular weight is 312 g/mol. The van der Waals surface area contributed by atoms with E-state index in [0.717, 1.165) is 19.4 Å². The second kappa shape index (κ2) is 11.8. The zero-order chi connectivity index (χ0) is 16.2. The first-order valence-electron chi connectivity index (χ1n) is 8.36. The molecule has 0 aliphatic carbocycles. The van der Waals surface area contributed by atoms with Crippen LogP contribution in [0.3, 0.4) is 0 Å². The highest BCUT2D eigenvalue weighted by Crippen LogP contribution is 2.19. The van der Waals surface area contributed by atoms with Crippen LogP contribution in [-0.4, -0.2) is 50.9 Å². The third kappa shape index (κ3) is 7.54. The molecule has 0 aromatic carbocycles. The molecule has 1 aliphatic heterocycles. The summed E-state index contributed by atoms with van der Waals surface area (Å²) in [5.41, 5.74) is 1.21. The van der Waals surface area contributed by atoms with E-state index in [9.17, 15) is 0 Å². The molecule has 4 heteroatoms. The monoisotopic (exact) mass is 312 g/mol. The van der Waals surface area contributed by atoms with Crippen LogP contribution in [0.5, 0.6) is 0 Å². The molecule has 4 nitrogen and oxygen atoms in total. The van der Waals surface area contributed by atoms with Crippen molar-refractivity contribution < 1.29 is 19.3 Å². The van der Waals surface area contributed by atoms with Crippen LogP contribution in [0.2, 0.25) is 0 Å². The average Bonchev–Trinajstić information content (AvgIpc) is 2.50. The fraction of sp³-hybridized carbons (Fsp3) is 0.778. The third-order valence-electron chi connectivity index (χ3n) is 3.88. The first-order valence-corrected chi connectivity index (χ1v) is 8.36. The molecule has 0 aromatic heterocycles. The summed E-state index contributed by atoms with van der Waals surface area (Å²) in [6.07, 6.45) is 10.8. The lowest BCUT2D eigenvalue weighted by Crippen LogP contribution is -2.35. The normalized spacial score (nSPS) is 28.9. The van der Waals surface area contributed by atoms with Crippen molar-refractivity contribution in [3.8, 4) is 0 Å². The van der Waals surface area contributed by atoms with Gasteiger partial charge in [-0.25, -0.2) is 0 Å². The van der Waals surface area contributed by atoms with Crippen LogP contribution in [0, 0.1) is 5.92 Å². The van der Waals surface area contributed by atoms with Crippen molar-refractivity contribution in [1.82, 2.24) is 0 Å². The molecule has 1 aliphatic rings. The maximum absolute atomic E-state index is 9.05. The summed E-state index contributed by atoms with van der Waals surface area (Å²) in [4.78, 5) is 0. The van der Waals surface area contributed by atoms with Gasteiger partial charge in [0.2, 0.25) is 0 Å². The Bertz CT molecular complexity index is 338. The Hall–Kier alpha value is -0.680. The summed E-state index contributed by atoms with van der Waals surface area (Å²) in [5.74, 6) is 0.188. The molecule has 0 aromatic rings. The predicted octanol–water partition coefficient (Wildman–Crippen LogP) is 3.11. The molecule has 128 valence electrons. The van der Waals surface area contributed by atoms with E-state index in [-0.39, 0.29) is 24.7 Å². The van der Waals surface area contributed by atoms with Crippen LogP contribution in [0.15, 0.2) is 23.8 Å². The highest BCUT2D eigenvalue weighted by atomic mass is 16.5. The van der Waals surface area contributed by atoms with Gasteiger partial charge >= 0.3 is 0 Å². The van der Waals surface area contributed by atoms with Gasteiger partial charge in [-0.2, -0.15) is 0 Å². The summed E-state index contributed by atoms with van der Waals surface area (Å²) in [5, 5.41) is 9.05. The van der Waals surface area contributed by atoms with Gasteiger partial charge in [0.05, 0.1) is 25.9 Å². The fourth-order valence-corrected chi connectivity index (χ4v) is 2.76. The fourth-order valence-electron chi connectivity index (χ4n) is 2.76. The van der Waals surface area contributed by atoms with Crippen LogP contribution < -0.4 is 0 Å². The molecular formula is C18H32O4. The summed E-state index contributed by atoms with van der Waals surface area (Å²) in [7, 11) is 1.71. The summed E-state index contributed by atoms with van der Waals surface area (Å²) >= 11 is 0. The minimum atomic E-state index is -0.105. The highest BCUT2D eigenvalue weighted by molar-refractivity contribution is 5.06. The van der Waals surface area contributed by atoms with E-state index in [0.29, 0.717) is 13.2 Å². The zero-order valence-corrected chi connectivity index (χ0v) is 14.3. The Morgan fingerprint density at radius 3 is 2.86 bits per heavy atom. The van der Waals surface area contributed by atoms with Crippen LogP contribution >= 0.6 is 0 Å². The standard InChI is InChI=1S/C18H32O4/c1-15-13-16(2)18(22-12-10-19)17(20-3)9-7-5-4-6-8-11-21-14-15/h7,9,13,16-19H,4-6,8,10-12,14H2,1-3H3/t16-,17+,18+/m1/s1. The molecule has 0 bridgehead atoms. The van der Waals surface area contributed by atoms with Crippen molar-refractivity contribution in [2.75, 3.05) is 33.5 Å². The summed E-state index contributed by atoms with van der Waals surface area (Å²) in [6, 6.07) is 0. The largest absolute Gasteiger partial charge is 0.394 e. The second-order valence-corrected chi connectivity index (χ2v) is 5.96. The number of rotatable bonds is 4. The van der Waals surface area contributed by atoms with Crippen LogP contribution in [0.25, 0.3) is 0 Å². The van der Waals surface area contributed by atoms with Crippen molar-refractivity contribution in [2.45, 2.75) is 51.7 Å². The Balaban J connectivity index is 2.84. The molecule has 0 saturated heterocycles. The molecular weight excluding hydrogens is 280 g/mol. The summed E-state index contributed by atoms with van der Waals surface area (Å²) < 4.78 is 17.2. The first-order chi connectivity index (χ1) is 10.7. The quantitative estimate of drug-likeness (QED) is 0.810. The number of aliphatic hydroxyl groups excluding tert-OH is 1. The molecule has 0 fully saturated rings. The number of hydrogen-bond donors (Lipinski definition) is 1. The Morgan fingerprint density at radius 2 is 2.14 bits per heavy atom. The maximum Gasteiger partial charge on any atom is 0.102 e. The molecule has 0 saturated carbocycles. The van der Waals surface area contributed by atoms with E-state index in [1.54, 1.807) is 7.11 Å². The van der Waals surface area contributed by atoms with Gasteiger partial charge in [0.1, 0.15) is 6.10 Å². The summed E-state index contributed by atoms with van der Waals surface area (Å²) in [6.45, 7) is 6.06. The Morgan fingerprint density at radius 1 is 1.32 bits per heavy atom. The molecule has 1 heterocycles. The molecule has 0 radical (unpaired) electrons. The van der Waals surface area contributed by atoms with E-state index in [2.05, 4.69) is 32.1 Å². The second-order valence-electron chi connectivity index (χ2n) is 5.96. The minimum Gasteiger partial charge on any atom is -0.394 e. The molecule has 1 rings (SSSR count). The van der Waals surface area contributed by atoms with Crippen LogP contribution in [0.4, 0.5) is 0 Å². The lowest BCUT2D eigenvalue weighted by molar-refractivity contribution is -0.0616. The SMILES string of the molecule is CO[C@H]1C=CCCCCCOCC(C)=C[C@@H](C)[C@@H]1OCCO. The molecule has 1 N–H and O–H groups in total. The van der Waals surface area contributed by atoms with E-state index in [4.69, 9.17) is 19.3 Å². The van der Waals surface area contributed by atoms with E-state index >= 15 is 0 Å². The smallest absolute Gasteiger partial charge is 0.102 e. The highest BCUT2D eigenvalue weighted by Gasteiger charge is 2.25. The van der Waals surface area contributed by atoms with Crippen molar-refractivity contribution in [1.29, 1.82) is 0 Å². The van der Waals surface area contributed by atoms with E-state index < -0.39 is 0 Å². The maximum atomic E-state index is 9.05. The third-order valence-corrected chi connectivity index (χ3v) is 3.88. The van der Waals surface area contributed by atoms with E-state index in [1.807, 2.05) is 0 Å². The van der Waals surface area contributed by atoms with Crippen molar-refractivity contribution >= 4 is 0 Å². The van der Waals surface area contributed by atoms with Crippen LogP contribution in [0.1, 0.15) is 39.5 Å². The Kier molecular flexibility index (Phi) is 10.4. The van der Waals surface area contributed by atoms with Crippen molar-refractivity contribution in [3.05, 3.63) is 23.8 Å². The molecule has 22 heavy (non-hydrogen) atoms. The van der Waals surface area contributed by atoms with Gasteiger partial charge in [0.25, 0.3) is 0 Å². The number of aliphatic hydroxyl groups is 1. The van der Waals surface area contributed by atoms with Gasteiger partial charge < -0.3 is 19.3 Å². The lowest BCUT2D eigenvalue weighted by Gasteiger charge is -2.28. The predicted molar refractivity (Wildman–Crippen MR) is 89.0 cm³/mol. The molecule has 3 atom stereocenters. The number of allylic oxidation sites excluding steroid dienone is 1. The first kappa shape index (κ1) is 19.4. The number of ether oxygens (including phenoxy) is 3. The number of methoxy groups -OCH3 is 1. The van der Waals surface area contributed by atoms with E-state index in [1.165, 1.54) is 18.4 Å². The number of hydrogen-bond acceptors (Lipinski definition) is 4. The lowest BCUT2D eigenvalue weighted by atomic mass is 9.96. The van der Waals surface area contributed by atoms with Gasteiger partial charge in [-0.05, 0) is 26.2 Å². The topological polar surface area (TPSA) is 47.9 Å². The minimum absolute atomic E-state index is 0.0230. The van der Waals surface area contributed by atoms with Gasteiger partial charge in [-0.15, -0.1) is 0 Å². The van der Waals surface area contributed by atoms with Crippen molar-refractivity contribution in [3.63, 3.8) is 0 Å².